The average Bonchev–Trinajstić information content (AvgIpc) is 3.06. The lowest BCUT2D eigenvalue weighted by Gasteiger charge is -2.27. The number of carbonyl (C=O) groups excluding carboxylic acids is 2. The van der Waals surface area contributed by atoms with Crippen LogP contribution in [0.3, 0.4) is 0 Å². The number of hydrogen-bond acceptors (Lipinski definition) is 9. The van der Waals surface area contributed by atoms with Gasteiger partial charge in [0.2, 0.25) is 11.8 Å². The fourth-order valence-corrected chi connectivity index (χ4v) is 5.51. The molecule has 246 valence electrons. The van der Waals surface area contributed by atoms with E-state index in [0.29, 0.717) is 43.1 Å². The van der Waals surface area contributed by atoms with Gasteiger partial charge in [0.1, 0.15) is 29.7 Å². The lowest BCUT2D eigenvalue weighted by molar-refractivity contribution is -0.115. The quantitative estimate of drug-likeness (QED) is 0.231. The van der Waals surface area contributed by atoms with E-state index in [0.717, 1.165) is 23.6 Å². The van der Waals surface area contributed by atoms with E-state index in [1.165, 1.54) is 25.3 Å². The summed E-state index contributed by atoms with van der Waals surface area (Å²) in [6.07, 6.45) is 1.52. The standard InChI is InChI=1S/C36H32F2N4O6/c1-45-36(44)25-14-29(38)35(31(15-25)40-19-26-9-11-46-26)42-33(43)16-24-13-28(37)27-17-32(24)47-10-3-4-22-12-21(18-39)7-8-23(22)20-48-34-6-2-5-30(27)41-34/h2,5-8,12-15,17,26,40H,3-4,9-11,16,19-20H2,1H3,(H,42,43)/t26-/m0/s1. The van der Waals surface area contributed by atoms with Gasteiger partial charge >= 0.3 is 5.97 Å². The highest BCUT2D eigenvalue weighted by Gasteiger charge is 2.23. The molecule has 1 saturated heterocycles. The monoisotopic (exact) mass is 654 g/mol. The van der Waals surface area contributed by atoms with Crippen molar-refractivity contribution in [2.45, 2.75) is 38.4 Å². The number of anilines is 2. The number of methoxy groups -OCH3 is 1. The maximum Gasteiger partial charge on any atom is 0.338 e. The van der Waals surface area contributed by atoms with Crippen molar-refractivity contribution in [1.29, 1.82) is 5.26 Å². The molecule has 2 aliphatic rings. The highest BCUT2D eigenvalue weighted by molar-refractivity contribution is 5.98. The van der Waals surface area contributed by atoms with Gasteiger partial charge in [-0.1, -0.05) is 12.1 Å². The summed E-state index contributed by atoms with van der Waals surface area (Å²) in [5.41, 5.74) is 3.02. The second-order valence-corrected chi connectivity index (χ2v) is 11.4. The van der Waals surface area contributed by atoms with E-state index >= 15 is 8.78 Å². The molecule has 0 unspecified atom stereocenters. The van der Waals surface area contributed by atoms with Crippen molar-refractivity contribution in [3.05, 3.63) is 100 Å². The molecule has 0 radical (unpaired) electrons. The van der Waals surface area contributed by atoms with Crippen molar-refractivity contribution in [3.63, 3.8) is 0 Å². The number of esters is 1. The van der Waals surface area contributed by atoms with Crippen LogP contribution in [0.4, 0.5) is 20.2 Å². The lowest BCUT2D eigenvalue weighted by Crippen LogP contribution is -2.33. The van der Waals surface area contributed by atoms with Gasteiger partial charge in [-0.15, -0.1) is 0 Å². The predicted octanol–water partition coefficient (Wildman–Crippen LogP) is 5.97. The zero-order valence-corrected chi connectivity index (χ0v) is 26.1. The zero-order valence-electron chi connectivity index (χ0n) is 26.1. The van der Waals surface area contributed by atoms with E-state index in [9.17, 15) is 14.9 Å². The summed E-state index contributed by atoms with van der Waals surface area (Å²) >= 11 is 0. The van der Waals surface area contributed by atoms with E-state index in [1.807, 2.05) is 12.1 Å². The molecule has 1 atom stereocenters. The van der Waals surface area contributed by atoms with E-state index in [-0.39, 0.29) is 59.6 Å². The molecular formula is C36H32F2N4O6. The number of hydrogen-bond donors (Lipinski definition) is 2. The van der Waals surface area contributed by atoms with Crippen LogP contribution in [-0.2, 0) is 33.7 Å². The maximum absolute atomic E-state index is 15.7. The summed E-state index contributed by atoms with van der Waals surface area (Å²) in [7, 11) is 1.19. The van der Waals surface area contributed by atoms with Gasteiger partial charge in [0.15, 0.2) is 0 Å². The molecule has 4 bridgehead atoms. The number of nitrogens with zero attached hydrogens (tertiary/aromatic N) is 2. The van der Waals surface area contributed by atoms with E-state index in [1.54, 1.807) is 24.3 Å². The van der Waals surface area contributed by atoms with Crippen molar-refractivity contribution in [3.8, 4) is 29.0 Å². The molecular weight excluding hydrogens is 622 g/mol. The van der Waals surface area contributed by atoms with Gasteiger partial charge in [0.05, 0.1) is 54.8 Å². The van der Waals surface area contributed by atoms with Crippen molar-refractivity contribution in [1.82, 2.24) is 4.98 Å². The molecule has 2 N–H and O–H groups in total. The van der Waals surface area contributed by atoms with Gasteiger partial charge in [0.25, 0.3) is 0 Å². The third-order valence-corrected chi connectivity index (χ3v) is 8.15. The second-order valence-electron chi connectivity index (χ2n) is 11.4. The van der Waals surface area contributed by atoms with Crippen LogP contribution in [0.25, 0.3) is 11.3 Å². The van der Waals surface area contributed by atoms with Gasteiger partial charge in [-0.2, -0.15) is 5.26 Å². The number of halogens is 2. The maximum atomic E-state index is 15.7. The number of pyridine rings is 1. The zero-order chi connectivity index (χ0) is 33.6. The van der Waals surface area contributed by atoms with E-state index in [4.69, 9.17) is 18.9 Å². The Morgan fingerprint density at radius 2 is 1.90 bits per heavy atom. The Hall–Kier alpha value is -5.54. The minimum Gasteiger partial charge on any atom is -0.493 e. The number of fused-ring (bicyclic) bond motifs is 6. The lowest BCUT2D eigenvalue weighted by atomic mass is 10.0. The first kappa shape index (κ1) is 32.4. The van der Waals surface area contributed by atoms with Crippen LogP contribution in [0, 0.1) is 23.0 Å². The van der Waals surface area contributed by atoms with E-state index < -0.39 is 23.5 Å². The first-order valence-electron chi connectivity index (χ1n) is 15.5. The number of nitrogens with one attached hydrogen (secondary N) is 2. The largest absolute Gasteiger partial charge is 0.493 e. The molecule has 0 saturated carbocycles. The Morgan fingerprint density at radius 3 is 2.67 bits per heavy atom. The average molecular weight is 655 g/mol. The van der Waals surface area contributed by atoms with Gasteiger partial charge in [-0.05, 0) is 72.9 Å². The number of ether oxygens (including phenoxy) is 4. The number of nitriles is 1. The second kappa shape index (κ2) is 14.5. The van der Waals surface area contributed by atoms with Crippen molar-refractivity contribution in [2.75, 3.05) is 37.5 Å². The summed E-state index contributed by atoms with van der Waals surface area (Å²) in [5.74, 6) is -2.30. The third-order valence-electron chi connectivity index (χ3n) is 8.15. The molecule has 1 amide bonds. The number of carbonyl (C=O) groups is 2. The third kappa shape index (κ3) is 7.37. The molecule has 1 aromatic heterocycles. The van der Waals surface area contributed by atoms with Crippen molar-refractivity contribution in [2.24, 2.45) is 0 Å². The summed E-state index contributed by atoms with van der Waals surface area (Å²) < 4.78 is 53.3. The molecule has 2 aliphatic heterocycles. The molecule has 48 heavy (non-hydrogen) atoms. The fraction of sp³-hybridized carbons (Fsp3) is 0.278. The van der Waals surface area contributed by atoms with Gasteiger partial charge < -0.3 is 29.6 Å². The topological polar surface area (TPSA) is 132 Å². The number of amides is 1. The molecule has 4 aromatic rings. The molecule has 3 heterocycles. The fourth-order valence-electron chi connectivity index (χ4n) is 5.51. The Labute approximate surface area is 275 Å². The van der Waals surface area contributed by atoms with Crippen LogP contribution in [0.2, 0.25) is 0 Å². The summed E-state index contributed by atoms with van der Waals surface area (Å²) in [6.45, 7) is 1.40. The Kier molecular flexibility index (Phi) is 9.78. The minimum absolute atomic E-state index is 0.0346. The molecule has 10 nitrogen and oxygen atoms in total. The van der Waals surface area contributed by atoms with Gasteiger partial charge in [-0.25, -0.2) is 18.6 Å². The highest BCUT2D eigenvalue weighted by Crippen LogP contribution is 2.33. The Morgan fingerprint density at radius 1 is 1.04 bits per heavy atom. The number of rotatable bonds is 7. The van der Waals surface area contributed by atoms with Gasteiger partial charge in [-0.3, -0.25) is 4.79 Å². The molecule has 3 aromatic carbocycles. The Bertz CT molecular complexity index is 1910. The van der Waals surface area contributed by atoms with Gasteiger partial charge in [0, 0.05) is 30.3 Å². The molecule has 0 aliphatic carbocycles. The van der Waals surface area contributed by atoms with E-state index in [2.05, 4.69) is 21.7 Å². The van der Waals surface area contributed by atoms with Crippen LogP contribution in [0.5, 0.6) is 11.6 Å². The Balaban J connectivity index is 1.28. The predicted molar refractivity (Wildman–Crippen MR) is 172 cm³/mol. The SMILES string of the molecule is COC(=O)c1cc(F)c(NC(=O)Cc2cc(F)c3cc2OCCCc2cc(C#N)ccc2COc2cccc-3n2)c(NC[C@@H]2CCO2)c1. The summed E-state index contributed by atoms with van der Waals surface area (Å²) in [5, 5.41) is 15.0. The van der Waals surface area contributed by atoms with Crippen LogP contribution in [0.15, 0.2) is 60.7 Å². The first-order chi connectivity index (χ1) is 23.3. The van der Waals surface area contributed by atoms with Crippen LogP contribution in [0.1, 0.15) is 45.5 Å². The van der Waals surface area contributed by atoms with Crippen LogP contribution in [-0.4, -0.2) is 49.8 Å². The van der Waals surface area contributed by atoms with Crippen LogP contribution < -0.4 is 20.1 Å². The smallest absolute Gasteiger partial charge is 0.338 e. The highest BCUT2D eigenvalue weighted by atomic mass is 19.1. The summed E-state index contributed by atoms with van der Waals surface area (Å²) in [6, 6.07) is 17.6. The van der Waals surface area contributed by atoms with Crippen molar-refractivity contribution < 1.29 is 37.3 Å². The number of benzene rings is 3. The van der Waals surface area contributed by atoms with Crippen molar-refractivity contribution >= 4 is 23.3 Å². The molecule has 1 fully saturated rings. The first-order valence-corrected chi connectivity index (χ1v) is 15.5. The minimum atomic E-state index is -0.851. The molecule has 6 rings (SSSR count). The normalized spacial score (nSPS) is 15.2. The molecule has 12 heteroatoms. The summed E-state index contributed by atoms with van der Waals surface area (Å²) in [4.78, 5) is 30.0. The number of aryl methyl sites for hydroxylation is 1. The van der Waals surface area contributed by atoms with Crippen LogP contribution >= 0.6 is 0 Å². The molecule has 0 spiro atoms. The number of aromatic nitrogens is 1.